The zero-order valence-electron chi connectivity index (χ0n) is 16.3. The molecule has 0 spiro atoms. The molecule has 5 aromatic carbocycles. The van der Waals surface area contributed by atoms with E-state index < -0.39 is 0 Å². The molecule has 0 aliphatic rings. The van der Waals surface area contributed by atoms with Crippen molar-refractivity contribution < 1.29 is 4.42 Å². The smallest absolute Gasteiger partial charge is 0.138 e. The van der Waals surface area contributed by atoms with Crippen molar-refractivity contribution in [3.63, 3.8) is 0 Å². The van der Waals surface area contributed by atoms with Gasteiger partial charge in [-0.25, -0.2) is 0 Å². The van der Waals surface area contributed by atoms with Gasteiger partial charge in [0.1, 0.15) is 11.2 Å². The number of nitrogens with one attached hydrogen (secondary N) is 1. The number of hydrogen-bond donors (Lipinski definition) is 1. The Morgan fingerprint density at radius 3 is 2.03 bits per heavy atom. The molecule has 1 heterocycles. The van der Waals surface area contributed by atoms with E-state index in [0.29, 0.717) is 0 Å². The molecular weight excluding hydrogens is 366 g/mol. The Morgan fingerprint density at radius 2 is 1.17 bits per heavy atom. The fraction of sp³-hybridized carbons (Fsp3) is 0. The molecule has 6 rings (SSSR count). The molecule has 1 aromatic heterocycles. The standard InChI is InChI=1S/C28H19NO/c1-2-10-19(11-3-1)20-12-6-8-16-24(20)29-25-18-27-28(22-14-5-4-13-21(22)25)23-15-7-9-17-26(23)30-27/h1-18,29H. The van der Waals surface area contributed by atoms with Crippen molar-refractivity contribution in [1.29, 1.82) is 0 Å². The molecule has 0 radical (unpaired) electrons. The number of fused-ring (bicyclic) bond motifs is 5. The maximum Gasteiger partial charge on any atom is 0.138 e. The largest absolute Gasteiger partial charge is 0.456 e. The molecule has 6 aromatic rings. The summed E-state index contributed by atoms with van der Waals surface area (Å²) in [5.74, 6) is 0. The third-order valence-electron chi connectivity index (χ3n) is 5.67. The van der Waals surface area contributed by atoms with Gasteiger partial charge in [0.2, 0.25) is 0 Å². The minimum Gasteiger partial charge on any atom is -0.456 e. The average Bonchev–Trinajstić information content (AvgIpc) is 3.19. The van der Waals surface area contributed by atoms with E-state index in [1.165, 1.54) is 27.3 Å². The average molecular weight is 385 g/mol. The quantitative estimate of drug-likeness (QED) is 0.332. The second-order valence-electron chi connectivity index (χ2n) is 7.48. The molecule has 0 amide bonds. The van der Waals surface area contributed by atoms with Crippen LogP contribution < -0.4 is 5.32 Å². The molecule has 0 aliphatic heterocycles. The van der Waals surface area contributed by atoms with E-state index in [4.69, 9.17) is 4.42 Å². The Kier molecular flexibility index (Phi) is 3.82. The van der Waals surface area contributed by atoms with Crippen molar-refractivity contribution in [2.45, 2.75) is 0 Å². The van der Waals surface area contributed by atoms with E-state index >= 15 is 0 Å². The van der Waals surface area contributed by atoms with Crippen LogP contribution in [0.2, 0.25) is 0 Å². The van der Waals surface area contributed by atoms with Gasteiger partial charge >= 0.3 is 0 Å². The SMILES string of the molecule is c1ccc(-c2ccccc2Nc2cc3oc4ccccc4c3c3ccccc23)cc1. The lowest BCUT2D eigenvalue weighted by Gasteiger charge is -2.15. The lowest BCUT2D eigenvalue weighted by molar-refractivity contribution is 0.669. The van der Waals surface area contributed by atoms with Crippen LogP contribution >= 0.6 is 0 Å². The Balaban J connectivity index is 1.59. The van der Waals surface area contributed by atoms with Crippen LogP contribution in [0.15, 0.2) is 114 Å². The first-order valence-electron chi connectivity index (χ1n) is 10.1. The van der Waals surface area contributed by atoms with Crippen molar-refractivity contribution >= 4 is 44.1 Å². The second kappa shape index (κ2) is 6.78. The third kappa shape index (κ3) is 2.66. The monoisotopic (exact) mass is 385 g/mol. The predicted molar refractivity (Wildman–Crippen MR) is 126 cm³/mol. The summed E-state index contributed by atoms with van der Waals surface area (Å²) in [6.45, 7) is 0. The summed E-state index contributed by atoms with van der Waals surface area (Å²) in [7, 11) is 0. The number of hydrogen-bond acceptors (Lipinski definition) is 2. The Labute approximate surface area is 174 Å². The minimum atomic E-state index is 0.898. The highest BCUT2D eigenvalue weighted by atomic mass is 16.3. The van der Waals surface area contributed by atoms with Gasteiger partial charge in [0, 0.05) is 33.5 Å². The first-order valence-corrected chi connectivity index (χ1v) is 10.1. The van der Waals surface area contributed by atoms with Crippen LogP contribution in [0.5, 0.6) is 0 Å². The Morgan fingerprint density at radius 1 is 0.500 bits per heavy atom. The summed E-state index contributed by atoms with van der Waals surface area (Å²) < 4.78 is 6.21. The van der Waals surface area contributed by atoms with Crippen LogP contribution in [-0.2, 0) is 0 Å². The number of furan rings is 1. The number of para-hydroxylation sites is 2. The zero-order valence-corrected chi connectivity index (χ0v) is 16.3. The van der Waals surface area contributed by atoms with Crippen molar-refractivity contribution in [3.05, 3.63) is 109 Å². The molecule has 30 heavy (non-hydrogen) atoms. The summed E-state index contributed by atoms with van der Waals surface area (Å²) in [6, 6.07) is 37.8. The molecule has 0 saturated heterocycles. The fourth-order valence-corrected chi connectivity index (χ4v) is 4.30. The maximum absolute atomic E-state index is 6.21. The Bertz CT molecular complexity index is 1510. The lowest BCUT2D eigenvalue weighted by Crippen LogP contribution is -1.94. The summed E-state index contributed by atoms with van der Waals surface area (Å²) in [4.78, 5) is 0. The van der Waals surface area contributed by atoms with Gasteiger partial charge < -0.3 is 9.73 Å². The number of anilines is 2. The highest BCUT2D eigenvalue weighted by Crippen LogP contribution is 2.40. The van der Waals surface area contributed by atoms with E-state index in [0.717, 1.165) is 27.9 Å². The fourth-order valence-electron chi connectivity index (χ4n) is 4.30. The highest BCUT2D eigenvalue weighted by molar-refractivity contribution is 6.22. The van der Waals surface area contributed by atoms with Crippen molar-refractivity contribution in [3.8, 4) is 11.1 Å². The molecule has 0 atom stereocenters. The van der Waals surface area contributed by atoms with Crippen molar-refractivity contribution in [2.75, 3.05) is 5.32 Å². The third-order valence-corrected chi connectivity index (χ3v) is 5.67. The van der Waals surface area contributed by atoms with Gasteiger partial charge in [0.05, 0.1) is 5.69 Å². The molecule has 0 fully saturated rings. The topological polar surface area (TPSA) is 25.2 Å². The molecule has 2 heteroatoms. The number of benzene rings is 5. The Hall–Kier alpha value is -4.04. The van der Waals surface area contributed by atoms with Gasteiger partial charge in [0.25, 0.3) is 0 Å². The summed E-state index contributed by atoms with van der Waals surface area (Å²) in [5, 5.41) is 8.39. The molecule has 1 N–H and O–H groups in total. The van der Waals surface area contributed by atoms with E-state index in [2.05, 4.69) is 96.3 Å². The van der Waals surface area contributed by atoms with Crippen LogP contribution in [0.1, 0.15) is 0 Å². The zero-order chi connectivity index (χ0) is 19.9. The van der Waals surface area contributed by atoms with Crippen LogP contribution in [0.3, 0.4) is 0 Å². The van der Waals surface area contributed by atoms with Crippen molar-refractivity contribution in [2.24, 2.45) is 0 Å². The van der Waals surface area contributed by atoms with Gasteiger partial charge in [-0.2, -0.15) is 0 Å². The molecule has 2 nitrogen and oxygen atoms in total. The lowest BCUT2D eigenvalue weighted by atomic mass is 10.0. The number of rotatable bonds is 3. The molecule has 0 aliphatic carbocycles. The summed E-state index contributed by atoms with van der Waals surface area (Å²) in [6.07, 6.45) is 0. The van der Waals surface area contributed by atoms with Crippen LogP contribution in [-0.4, -0.2) is 0 Å². The van der Waals surface area contributed by atoms with Crippen molar-refractivity contribution in [1.82, 2.24) is 0 Å². The first kappa shape index (κ1) is 16.9. The maximum atomic E-state index is 6.21. The minimum absolute atomic E-state index is 0.898. The van der Waals surface area contributed by atoms with Gasteiger partial charge in [-0.1, -0.05) is 91.0 Å². The van der Waals surface area contributed by atoms with E-state index in [1.807, 2.05) is 18.2 Å². The van der Waals surface area contributed by atoms with Crippen LogP contribution in [0, 0.1) is 0 Å². The van der Waals surface area contributed by atoms with Gasteiger partial charge in [0.15, 0.2) is 0 Å². The summed E-state index contributed by atoms with van der Waals surface area (Å²) in [5.41, 5.74) is 6.29. The second-order valence-corrected chi connectivity index (χ2v) is 7.48. The highest BCUT2D eigenvalue weighted by Gasteiger charge is 2.14. The van der Waals surface area contributed by atoms with Gasteiger partial charge in [-0.3, -0.25) is 0 Å². The predicted octanol–water partition coefficient (Wildman–Crippen LogP) is 8.15. The normalized spacial score (nSPS) is 11.3. The molecule has 142 valence electrons. The van der Waals surface area contributed by atoms with E-state index in [9.17, 15) is 0 Å². The van der Waals surface area contributed by atoms with Crippen LogP contribution in [0.25, 0.3) is 43.8 Å². The van der Waals surface area contributed by atoms with E-state index in [-0.39, 0.29) is 0 Å². The van der Waals surface area contributed by atoms with Gasteiger partial charge in [-0.15, -0.1) is 0 Å². The first-order chi connectivity index (χ1) is 14.9. The van der Waals surface area contributed by atoms with Gasteiger partial charge in [-0.05, 0) is 23.1 Å². The molecule has 0 saturated carbocycles. The van der Waals surface area contributed by atoms with E-state index in [1.54, 1.807) is 0 Å². The molecular formula is C28H19NO. The molecule has 0 unspecified atom stereocenters. The van der Waals surface area contributed by atoms with Crippen LogP contribution in [0.4, 0.5) is 11.4 Å². The molecule has 0 bridgehead atoms. The summed E-state index contributed by atoms with van der Waals surface area (Å²) >= 11 is 0.